The summed E-state index contributed by atoms with van der Waals surface area (Å²) in [5, 5.41) is 0. The maximum Gasteiger partial charge on any atom is 0.534 e. The molecule has 4 nitrogen and oxygen atoms in total. The quantitative estimate of drug-likeness (QED) is 0.334. The molecule has 0 amide bonds. The fourth-order valence-corrected chi connectivity index (χ4v) is 3.83. The summed E-state index contributed by atoms with van der Waals surface area (Å²) in [6.07, 6.45) is -2.12. The molecule has 0 fully saturated rings. The smallest absolute Gasteiger partial charge is 0.497 e. The Morgan fingerprint density at radius 3 is 2.33 bits per heavy atom. The van der Waals surface area contributed by atoms with Crippen LogP contribution in [0.2, 0.25) is 0 Å². The molecule has 0 spiro atoms. The zero-order valence-electron chi connectivity index (χ0n) is 15.7. The third kappa shape index (κ3) is 4.28. The van der Waals surface area contributed by atoms with Gasteiger partial charge in [0.25, 0.3) is 6.43 Å². The molecule has 1 aliphatic rings. The Morgan fingerprint density at radius 2 is 1.70 bits per heavy atom. The summed E-state index contributed by atoms with van der Waals surface area (Å²) in [6, 6.07) is 9.63. The van der Waals surface area contributed by atoms with Gasteiger partial charge in [0.2, 0.25) is 0 Å². The molecule has 0 unspecified atom stereocenters. The zero-order valence-corrected chi connectivity index (χ0v) is 16.5. The van der Waals surface area contributed by atoms with E-state index in [-0.39, 0.29) is 23.1 Å². The maximum absolute atomic E-state index is 13.6. The summed E-state index contributed by atoms with van der Waals surface area (Å²) in [4.78, 5) is 0. The first-order valence-electron chi connectivity index (χ1n) is 8.84. The minimum absolute atomic E-state index is 0.0253. The topological polar surface area (TPSA) is 52.6 Å². The highest BCUT2D eigenvalue weighted by Crippen LogP contribution is 2.42. The summed E-state index contributed by atoms with van der Waals surface area (Å²) < 4.78 is 99.5. The average molecular weight is 448 g/mol. The maximum atomic E-state index is 13.6. The van der Waals surface area contributed by atoms with E-state index in [0.717, 1.165) is 6.07 Å². The molecule has 0 radical (unpaired) electrons. The van der Waals surface area contributed by atoms with Crippen LogP contribution < -0.4 is 4.74 Å². The lowest BCUT2D eigenvalue weighted by atomic mass is 9.94. The highest BCUT2D eigenvalue weighted by molar-refractivity contribution is 7.87. The second-order valence-electron chi connectivity index (χ2n) is 6.56. The number of benzene rings is 2. The molecule has 0 atom stereocenters. The van der Waals surface area contributed by atoms with E-state index < -0.39 is 33.4 Å². The highest BCUT2D eigenvalue weighted by atomic mass is 32.2. The third-order valence-electron chi connectivity index (χ3n) is 4.70. The van der Waals surface area contributed by atoms with E-state index in [0.29, 0.717) is 24.2 Å². The number of halogens is 5. The number of methoxy groups -OCH3 is 1. The van der Waals surface area contributed by atoms with Crippen LogP contribution in [0.5, 0.6) is 5.75 Å². The number of allylic oxidation sites excluding steroid dienone is 1. The van der Waals surface area contributed by atoms with Crippen molar-refractivity contribution >= 4 is 21.5 Å². The Hall–Kier alpha value is -2.62. The predicted molar refractivity (Wildman–Crippen MR) is 100 cm³/mol. The van der Waals surface area contributed by atoms with Gasteiger partial charge < -0.3 is 8.92 Å². The van der Waals surface area contributed by atoms with Crippen molar-refractivity contribution in [3.63, 3.8) is 0 Å². The first-order valence-corrected chi connectivity index (χ1v) is 10.2. The molecule has 0 N–H and O–H groups in total. The number of hydrogen-bond acceptors (Lipinski definition) is 4. The summed E-state index contributed by atoms with van der Waals surface area (Å²) >= 11 is 0. The number of alkyl halides is 5. The van der Waals surface area contributed by atoms with Crippen LogP contribution in [-0.4, -0.2) is 21.0 Å². The fourth-order valence-electron chi connectivity index (χ4n) is 3.33. The van der Waals surface area contributed by atoms with Gasteiger partial charge in [0, 0.05) is 16.7 Å². The normalized spacial score (nSPS) is 15.0. The van der Waals surface area contributed by atoms with Gasteiger partial charge in [0.05, 0.1) is 7.11 Å². The van der Waals surface area contributed by atoms with Crippen LogP contribution in [0, 0.1) is 0 Å². The van der Waals surface area contributed by atoms with Gasteiger partial charge in [0.15, 0.2) is 5.76 Å². The van der Waals surface area contributed by atoms with Crippen LogP contribution in [-0.2, 0) is 20.7 Å². The molecule has 0 bridgehead atoms. The van der Waals surface area contributed by atoms with Crippen LogP contribution >= 0.6 is 0 Å². The highest BCUT2D eigenvalue weighted by Gasteiger charge is 2.49. The fraction of sp³-hybridized carbons (Fsp3) is 0.300. The molecule has 0 heterocycles. The molecule has 0 saturated carbocycles. The van der Waals surface area contributed by atoms with E-state index in [1.54, 1.807) is 6.07 Å². The Kier molecular flexibility index (Phi) is 6.07. The second-order valence-corrected chi connectivity index (χ2v) is 8.09. The largest absolute Gasteiger partial charge is 0.534 e. The minimum atomic E-state index is -6.02. The van der Waals surface area contributed by atoms with Crippen molar-refractivity contribution in [2.75, 3.05) is 7.11 Å². The van der Waals surface area contributed by atoms with Crippen molar-refractivity contribution in [1.82, 2.24) is 0 Å². The van der Waals surface area contributed by atoms with Crippen molar-refractivity contribution in [2.45, 2.75) is 31.2 Å². The first kappa shape index (κ1) is 22.1. The van der Waals surface area contributed by atoms with Crippen LogP contribution in [0.1, 0.15) is 41.5 Å². The molecule has 0 aromatic heterocycles. The Morgan fingerprint density at radius 1 is 1.00 bits per heavy atom. The number of ether oxygens (including phenoxy) is 1. The lowest BCUT2D eigenvalue weighted by Crippen LogP contribution is -2.25. The van der Waals surface area contributed by atoms with Gasteiger partial charge in [0.1, 0.15) is 5.75 Å². The zero-order chi connectivity index (χ0) is 22.1. The molecular weight excluding hydrogens is 431 g/mol. The van der Waals surface area contributed by atoms with E-state index in [9.17, 15) is 30.4 Å². The van der Waals surface area contributed by atoms with Crippen molar-refractivity contribution < 1.29 is 39.3 Å². The average Bonchev–Trinajstić information content (AvgIpc) is 2.85. The number of hydrogen-bond donors (Lipinski definition) is 0. The van der Waals surface area contributed by atoms with Crippen LogP contribution in [0.25, 0.3) is 11.3 Å². The molecule has 1 aliphatic carbocycles. The first-order chi connectivity index (χ1) is 14.0. The van der Waals surface area contributed by atoms with Gasteiger partial charge in [-0.2, -0.15) is 21.6 Å². The van der Waals surface area contributed by atoms with E-state index in [2.05, 4.69) is 4.18 Å². The summed E-state index contributed by atoms with van der Waals surface area (Å²) in [5.41, 5.74) is -5.60. The molecule has 10 heteroatoms. The lowest BCUT2D eigenvalue weighted by molar-refractivity contribution is -0.0509. The van der Waals surface area contributed by atoms with Crippen molar-refractivity contribution in [2.24, 2.45) is 0 Å². The summed E-state index contributed by atoms with van der Waals surface area (Å²) in [6.45, 7) is 0. The summed E-state index contributed by atoms with van der Waals surface area (Å²) in [5.74, 6) is -0.182. The van der Waals surface area contributed by atoms with Crippen LogP contribution in [0.3, 0.4) is 0 Å². The van der Waals surface area contributed by atoms with Gasteiger partial charge in [-0.05, 0) is 48.6 Å². The second kappa shape index (κ2) is 8.25. The monoisotopic (exact) mass is 448 g/mol. The molecular formula is C20H17F5O4S. The molecule has 30 heavy (non-hydrogen) atoms. The SMILES string of the molecule is COc1ccc2c(c1)CCCC(c1ccccc1C(F)F)=C2OS(=O)(=O)C(F)(F)F. The molecule has 2 aromatic carbocycles. The van der Waals surface area contributed by atoms with Crippen LogP contribution in [0.15, 0.2) is 42.5 Å². The number of fused-ring (bicyclic) bond motifs is 1. The van der Waals surface area contributed by atoms with E-state index >= 15 is 0 Å². The van der Waals surface area contributed by atoms with Crippen molar-refractivity contribution in [1.29, 1.82) is 0 Å². The lowest BCUT2D eigenvalue weighted by Gasteiger charge is -2.19. The third-order valence-corrected chi connectivity index (χ3v) is 5.65. The Balaban J connectivity index is 2.31. The molecule has 162 valence electrons. The molecule has 2 aromatic rings. The number of aryl methyl sites for hydroxylation is 1. The van der Waals surface area contributed by atoms with Gasteiger partial charge in [-0.15, -0.1) is 0 Å². The van der Waals surface area contributed by atoms with Crippen molar-refractivity contribution in [3.05, 3.63) is 64.7 Å². The van der Waals surface area contributed by atoms with Crippen LogP contribution in [0.4, 0.5) is 22.0 Å². The van der Waals surface area contributed by atoms with Gasteiger partial charge in [-0.1, -0.05) is 24.3 Å². The van der Waals surface area contributed by atoms with E-state index in [1.807, 2.05) is 0 Å². The Bertz CT molecular complexity index is 1070. The van der Waals surface area contributed by atoms with Gasteiger partial charge in [-0.25, -0.2) is 8.78 Å². The molecule has 0 saturated heterocycles. The van der Waals surface area contributed by atoms with Crippen molar-refractivity contribution in [3.8, 4) is 5.75 Å². The standard InChI is InChI=1S/C20H17F5O4S/c1-28-13-9-10-14-12(11-13)5-4-8-16(15-6-2-3-7-17(15)19(21)22)18(14)29-30(26,27)20(23,24)25/h2-3,6-7,9-11,19H,4-5,8H2,1H3. The van der Waals surface area contributed by atoms with Gasteiger partial charge in [-0.3, -0.25) is 0 Å². The molecule has 0 aliphatic heterocycles. The Labute approximate surface area is 170 Å². The van der Waals surface area contributed by atoms with E-state index in [1.165, 1.54) is 37.4 Å². The van der Waals surface area contributed by atoms with Gasteiger partial charge >= 0.3 is 15.6 Å². The minimum Gasteiger partial charge on any atom is -0.497 e. The predicted octanol–water partition coefficient (Wildman–Crippen LogP) is 5.70. The molecule has 3 rings (SSSR count). The van der Waals surface area contributed by atoms with E-state index in [4.69, 9.17) is 4.74 Å². The summed E-state index contributed by atoms with van der Waals surface area (Å²) in [7, 11) is -4.62. The number of rotatable bonds is 5.